The summed E-state index contributed by atoms with van der Waals surface area (Å²) in [6.07, 6.45) is 0. The van der Waals surface area contributed by atoms with Crippen LogP contribution >= 0.6 is 11.8 Å². The highest BCUT2D eigenvalue weighted by Gasteiger charge is 2.10. The lowest BCUT2D eigenvalue weighted by atomic mass is 10.2. The van der Waals surface area contributed by atoms with Crippen molar-refractivity contribution in [2.75, 3.05) is 0 Å². The highest BCUT2D eigenvalue weighted by atomic mass is 32.2. The molecule has 0 saturated carbocycles. The zero-order chi connectivity index (χ0) is 12.3. The van der Waals surface area contributed by atoms with Crippen molar-refractivity contribution in [3.05, 3.63) is 35.7 Å². The van der Waals surface area contributed by atoms with Crippen LogP contribution in [-0.2, 0) is 12.8 Å². The van der Waals surface area contributed by atoms with Crippen molar-refractivity contribution in [3.63, 3.8) is 0 Å². The summed E-state index contributed by atoms with van der Waals surface area (Å²) >= 11 is 1.38. The molecule has 17 heavy (non-hydrogen) atoms. The summed E-state index contributed by atoms with van der Waals surface area (Å²) in [5, 5.41) is 20.6. The number of carboxylic acid groups (broad SMARTS) is 1. The van der Waals surface area contributed by atoms with Gasteiger partial charge in [-0.25, -0.2) is 4.79 Å². The fourth-order valence-electron chi connectivity index (χ4n) is 1.29. The summed E-state index contributed by atoms with van der Waals surface area (Å²) in [5.74, 6) is 0.149. The van der Waals surface area contributed by atoms with E-state index < -0.39 is 5.97 Å². The number of aromatic carboxylic acids is 1. The monoisotopic (exact) mass is 250 g/mol. The Morgan fingerprint density at radius 3 is 2.88 bits per heavy atom. The molecule has 0 radical (unpaired) electrons. The Balaban J connectivity index is 2.11. The zero-order valence-corrected chi connectivity index (χ0v) is 9.89. The number of aryl methyl sites for hydroxylation is 1. The normalized spacial score (nSPS) is 10.4. The van der Waals surface area contributed by atoms with Crippen LogP contribution in [0.3, 0.4) is 0 Å². The molecule has 6 nitrogen and oxygen atoms in total. The van der Waals surface area contributed by atoms with Crippen molar-refractivity contribution in [1.82, 2.24) is 20.2 Å². The van der Waals surface area contributed by atoms with Gasteiger partial charge in [-0.15, -0.1) is 22.0 Å². The molecule has 7 heteroatoms. The highest BCUT2D eigenvalue weighted by Crippen LogP contribution is 2.24. The number of nitrogens with zero attached hydrogens (tertiary/aromatic N) is 4. The number of benzene rings is 1. The zero-order valence-electron chi connectivity index (χ0n) is 9.07. The molecule has 2 aromatic rings. The average molecular weight is 250 g/mol. The van der Waals surface area contributed by atoms with Crippen molar-refractivity contribution in [2.45, 2.75) is 10.6 Å². The number of carboxylic acids is 1. The summed E-state index contributed by atoms with van der Waals surface area (Å²) in [7, 11) is 1.69. The lowest BCUT2D eigenvalue weighted by Crippen LogP contribution is -1.98. The van der Waals surface area contributed by atoms with Crippen LogP contribution in [0.4, 0.5) is 0 Å². The standard InChI is InChI=1S/C10H10N4O2S/c1-14-12-9(11-13-14)6-17-8-5-3-2-4-7(8)10(15)16/h2-5H,6H2,1H3,(H,15,16). The predicted molar refractivity (Wildman–Crippen MR) is 61.8 cm³/mol. The van der Waals surface area contributed by atoms with E-state index in [9.17, 15) is 4.79 Å². The van der Waals surface area contributed by atoms with Gasteiger partial charge in [0.25, 0.3) is 0 Å². The molecule has 0 saturated heterocycles. The molecule has 0 fully saturated rings. The summed E-state index contributed by atoms with van der Waals surface area (Å²) < 4.78 is 0. The van der Waals surface area contributed by atoms with E-state index in [2.05, 4.69) is 15.4 Å². The number of thioether (sulfide) groups is 1. The van der Waals surface area contributed by atoms with Crippen LogP contribution < -0.4 is 0 Å². The summed E-state index contributed by atoms with van der Waals surface area (Å²) in [6.45, 7) is 0. The second-order valence-electron chi connectivity index (χ2n) is 3.29. The third kappa shape index (κ3) is 2.82. The fraction of sp³-hybridized carbons (Fsp3) is 0.200. The molecule has 1 N–H and O–H groups in total. The molecule has 2 rings (SSSR count). The number of aromatic nitrogens is 4. The predicted octanol–water partition coefficient (Wildman–Crippen LogP) is 1.20. The van der Waals surface area contributed by atoms with Crippen LogP contribution in [0.1, 0.15) is 16.2 Å². The van der Waals surface area contributed by atoms with E-state index in [1.54, 1.807) is 31.3 Å². The van der Waals surface area contributed by atoms with Crippen LogP contribution in [0, 0.1) is 0 Å². The van der Waals surface area contributed by atoms with Gasteiger partial charge in [-0.1, -0.05) is 12.1 Å². The van der Waals surface area contributed by atoms with Gasteiger partial charge >= 0.3 is 5.97 Å². The molecule has 0 aliphatic carbocycles. The SMILES string of the molecule is Cn1nnc(CSc2ccccc2C(=O)O)n1. The Hall–Kier alpha value is -1.89. The molecule has 0 bridgehead atoms. The number of rotatable bonds is 4. The van der Waals surface area contributed by atoms with Gasteiger partial charge in [-0.2, -0.15) is 4.80 Å². The van der Waals surface area contributed by atoms with Crippen molar-refractivity contribution in [1.29, 1.82) is 0 Å². The van der Waals surface area contributed by atoms with E-state index in [4.69, 9.17) is 5.11 Å². The third-order valence-corrected chi connectivity index (χ3v) is 3.09. The summed E-state index contributed by atoms with van der Waals surface area (Å²) in [6, 6.07) is 6.85. The first-order valence-electron chi connectivity index (χ1n) is 4.85. The second kappa shape index (κ2) is 4.96. The van der Waals surface area contributed by atoms with E-state index in [0.717, 1.165) is 0 Å². The van der Waals surface area contributed by atoms with Crippen molar-refractivity contribution >= 4 is 17.7 Å². The molecule has 0 spiro atoms. The third-order valence-electron chi connectivity index (χ3n) is 2.02. The van der Waals surface area contributed by atoms with Gasteiger partial charge in [0.05, 0.1) is 18.4 Å². The van der Waals surface area contributed by atoms with Crippen molar-refractivity contribution < 1.29 is 9.90 Å². The number of tetrazole rings is 1. The van der Waals surface area contributed by atoms with Gasteiger partial charge in [0.15, 0.2) is 5.82 Å². The molecule has 0 aliphatic heterocycles. The van der Waals surface area contributed by atoms with E-state index >= 15 is 0 Å². The molecule has 0 amide bonds. The lowest BCUT2D eigenvalue weighted by Gasteiger charge is -2.02. The van der Waals surface area contributed by atoms with Gasteiger partial charge in [0.2, 0.25) is 0 Å². The molecular weight excluding hydrogens is 240 g/mol. The maximum atomic E-state index is 11.0. The number of hydrogen-bond donors (Lipinski definition) is 1. The van der Waals surface area contributed by atoms with Crippen LogP contribution in [0.15, 0.2) is 29.2 Å². The Kier molecular flexibility index (Phi) is 3.38. The minimum Gasteiger partial charge on any atom is -0.478 e. The number of carbonyl (C=O) groups is 1. The summed E-state index contributed by atoms with van der Waals surface area (Å²) in [4.78, 5) is 13.1. The smallest absolute Gasteiger partial charge is 0.336 e. The molecule has 0 atom stereocenters. The Bertz CT molecular complexity index is 541. The summed E-state index contributed by atoms with van der Waals surface area (Å²) in [5.41, 5.74) is 0.293. The molecule has 88 valence electrons. The van der Waals surface area contributed by atoms with Crippen LogP contribution in [0.5, 0.6) is 0 Å². The minimum atomic E-state index is -0.930. The Labute approximate surface area is 102 Å². The first-order chi connectivity index (χ1) is 8.16. The van der Waals surface area contributed by atoms with Crippen LogP contribution in [0.25, 0.3) is 0 Å². The maximum absolute atomic E-state index is 11.0. The Morgan fingerprint density at radius 2 is 2.24 bits per heavy atom. The van der Waals surface area contributed by atoms with Crippen LogP contribution in [-0.4, -0.2) is 31.3 Å². The Morgan fingerprint density at radius 1 is 1.47 bits per heavy atom. The maximum Gasteiger partial charge on any atom is 0.336 e. The lowest BCUT2D eigenvalue weighted by molar-refractivity contribution is 0.0693. The number of hydrogen-bond acceptors (Lipinski definition) is 5. The van der Waals surface area contributed by atoms with Crippen molar-refractivity contribution in [3.8, 4) is 0 Å². The first kappa shape index (κ1) is 11.6. The highest BCUT2D eigenvalue weighted by molar-refractivity contribution is 7.98. The van der Waals surface area contributed by atoms with Crippen LogP contribution in [0.2, 0.25) is 0 Å². The average Bonchev–Trinajstić information content (AvgIpc) is 2.73. The quantitative estimate of drug-likeness (QED) is 0.821. The first-order valence-corrected chi connectivity index (χ1v) is 5.83. The van der Waals surface area contributed by atoms with Gasteiger partial charge in [0.1, 0.15) is 0 Å². The van der Waals surface area contributed by atoms with Gasteiger partial charge in [-0.3, -0.25) is 0 Å². The molecule has 1 heterocycles. The fourth-order valence-corrected chi connectivity index (χ4v) is 2.18. The molecule has 1 aromatic heterocycles. The van der Waals surface area contributed by atoms with E-state index in [1.807, 2.05) is 0 Å². The van der Waals surface area contributed by atoms with Gasteiger partial charge in [0, 0.05) is 4.90 Å². The molecule has 0 aliphatic rings. The second-order valence-corrected chi connectivity index (χ2v) is 4.30. The van der Waals surface area contributed by atoms with Gasteiger partial charge < -0.3 is 5.11 Å². The van der Waals surface area contributed by atoms with E-state index in [1.165, 1.54) is 16.6 Å². The molecular formula is C10H10N4O2S. The molecule has 1 aromatic carbocycles. The topological polar surface area (TPSA) is 80.9 Å². The largest absolute Gasteiger partial charge is 0.478 e. The van der Waals surface area contributed by atoms with E-state index in [-0.39, 0.29) is 0 Å². The minimum absolute atomic E-state index is 0.293. The molecule has 0 unspecified atom stereocenters. The van der Waals surface area contributed by atoms with Crippen molar-refractivity contribution in [2.24, 2.45) is 7.05 Å². The van der Waals surface area contributed by atoms with E-state index in [0.29, 0.717) is 22.0 Å². The van der Waals surface area contributed by atoms with Gasteiger partial charge in [-0.05, 0) is 17.3 Å².